The van der Waals surface area contributed by atoms with Gasteiger partial charge in [0, 0.05) is 13.1 Å². The van der Waals surface area contributed by atoms with Gasteiger partial charge in [0.05, 0.1) is 21.7 Å². The van der Waals surface area contributed by atoms with Crippen LogP contribution in [0.5, 0.6) is 0 Å². The summed E-state index contributed by atoms with van der Waals surface area (Å²) in [6.07, 6.45) is 4.64. The molecule has 1 aromatic rings. The molecule has 0 radical (unpaired) electrons. The minimum Gasteiger partial charge on any atom is -0.338 e. The van der Waals surface area contributed by atoms with Crippen molar-refractivity contribution in [3.63, 3.8) is 0 Å². The van der Waals surface area contributed by atoms with E-state index in [2.05, 4.69) is 20.8 Å². The maximum Gasteiger partial charge on any atom is 0.336 e. The molecule has 2 aliphatic heterocycles. The Kier molecular flexibility index (Phi) is 5.14. The maximum absolute atomic E-state index is 13.0. The highest BCUT2D eigenvalue weighted by atomic mass is 32.2. The van der Waals surface area contributed by atoms with Crippen LogP contribution in [0.1, 0.15) is 24.8 Å². The number of fused-ring (bicyclic) bond motifs is 1. The number of aromatic nitrogens is 2. The number of carbonyl (C=O) groups excluding carboxylic acids is 1. The number of nitrogens with zero attached hydrogens (tertiary/aromatic N) is 2. The molecule has 152 valence electrons. The number of sulfone groups is 1. The number of rotatable bonds is 4. The van der Waals surface area contributed by atoms with Crippen molar-refractivity contribution in [1.29, 1.82) is 0 Å². The zero-order valence-electron chi connectivity index (χ0n) is 16.1. The smallest absolute Gasteiger partial charge is 0.336 e. The number of hydrogen-bond donors (Lipinski definition) is 3. The molecule has 2 amide bonds. The van der Waals surface area contributed by atoms with E-state index in [4.69, 9.17) is 0 Å². The number of aryl methyl sites for hydroxylation is 1. The Labute approximate surface area is 169 Å². The van der Waals surface area contributed by atoms with Crippen LogP contribution in [0.15, 0.2) is 52.4 Å². The molecule has 0 aromatic heterocycles. The number of benzene rings is 1. The van der Waals surface area contributed by atoms with Gasteiger partial charge >= 0.3 is 6.03 Å². The van der Waals surface area contributed by atoms with Crippen LogP contribution in [0.25, 0.3) is 11.4 Å². The molecule has 1 fully saturated rings. The molecule has 0 bridgehead atoms. The summed E-state index contributed by atoms with van der Waals surface area (Å²) in [7, 11) is -3.67. The summed E-state index contributed by atoms with van der Waals surface area (Å²) in [5, 5.41) is 0. The molecule has 1 aromatic carbocycles. The van der Waals surface area contributed by atoms with Gasteiger partial charge in [0.15, 0.2) is 0 Å². The van der Waals surface area contributed by atoms with Gasteiger partial charge in [0.1, 0.15) is 11.5 Å². The third kappa shape index (κ3) is 3.91. The van der Waals surface area contributed by atoms with Gasteiger partial charge in [0.2, 0.25) is 9.84 Å². The highest BCUT2D eigenvalue weighted by Crippen LogP contribution is 2.32. The second-order valence-corrected chi connectivity index (χ2v) is 9.09. The molecule has 29 heavy (non-hydrogen) atoms. The van der Waals surface area contributed by atoms with E-state index in [0.717, 1.165) is 37.9 Å². The van der Waals surface area contributed by atoms with Crippen molar-refractivity contribution in [3.8, 4) is 11.4 Å². The summed E-state index contributed by atoms with van der Waals surface area (Å²) in [5.41, 5.74) is 7.37. The molecule has 8 nitrogen and oxygen atoms in total. The predicted octanol–water partition coefficient (Wildman–Crippen LogP) is 3.18. The van der Waals surface area contributed by atoms with E-state index in [1.54, 1.807) is 41.3 Å². The van der Waals surface area contributed by atoms with E-state index in [1.807, 2.05) is 6.92 Å². The summed E-state index contributed by atoms with van der Waals surface area (Å²) >= 11 is 0. The van der Waals surface area contributed by atoms with Crippen LogP contribution in [-0.2, 0) is 9.84 Å². The number of carbonyl (C=O) groups is 1. The summed E-state index contributed by atoms with van der Waals surface area (Å²) in [6.45, 7) is 3.40. The summed E-state index contributed by atoms with van der Waals surface area (Å²) < 4.78 is 25.9. The first-order valence-corrected chi connectivity index (χ1v) is 11.0. The van der Waals surface area contributed by atoms with Crippen LogP contribution in [0.2, 0.25) is 0 Å². The van der Waals surface area contributed by atoms with E-state index >= 15 is 0 Å². The van der Waals surface area contributed by atoms with Crippen molar-refractivity contribution in [2.45, 2.75) is 36.0 Å². The monoisotopic (exact) mass is 413 g/mol. The van der Waals surface area contributed by atoms with E-state index in [-0.39, 0.29) is 15.8 Å². The molecule has 1 aliphatic carbocycles. The number of H-pyrrole nitrogens is 1. The van der Waals surface area contributed by atoms with E-state index in [9.17, 15) is 13.2 Å². The quantitative estimate of drug-likeness (QED) is 0.570. The Balaban J connectivity index is 1.52. The van der Waals surface area contributed by atoms with Gasteiger partial charge in [-0.15, -0.1) is 0 Å². The largest absolute Gasteiger partial charge is 0.338 e. The van der Waals surface area contributed by atoms with E-state index < -0.39 is 9.84 Å². The third-order valence-corrected chi connectivity index (χ3v) is 6.85. The number of anilines is 1. The van der Waals surface area contributed by atoms with Crippen LogP contribution < -0.4 is 10.9 Å². The fourth-order valence-electron chi connectivity index (χ4n) is 3.41. The van der Waals surface area contributed by atoms with Gasteiger partial charge in [-0.1, -0.05) is 17.7 Å². The minimum absolute atomic E-state index is 0.150. The molecule has 2 heterocycles. The number of piperidine rings is 1. The normalized spacial score (nSPS) is 14.7. The highest BCUT2D eigenvalue weighted by Gasteiger charge is 2.25. The van der Waals surface area contributed by atoms with Crippen molar-refractivity contribution in [2.75, 3.05) is 18.5 Å². The van der Waals surface area contributed by atoms with Crippen LogP contribution in [0.4, 0.5) is 10.6 Å². The zero-order chi connectivity index (χ0) is 20.4. The molecule has 3 N–H and O–H groups in total. The Morgan fingerprint density at radius 1 is 1.07 bits per heavy atom. The van der Waals surface area contributed by atoms with Gasteiger partial charge in [-0.3, -0.25) is 10.9 Å². The molecular weight excluding hydrogens is 390 g/mol. The molecule has 0 saturated carbocycles. The van der Waals surface area contributed by atoms with Crippen LogP contribution >= 0.6 is 0 Å². The first-order valence-electron chi connectivity index (χ1n) is 9.55. The minimum atomic E-state index is -3.67. The predicted molar refractivity (Wildman–Crippen MR) is 109 cm³/mol. The lowest BCUT2D eigenvalue weighted by Gasteiger charge is -2.26. The molecule has 0 atom stereocenters. The van der Waals surface area contributed by atoms with Gasteiger partial charge in [0.25, 0.3) is 0 Å². The second-order valence-electron chi connectivity index (χ2n) is 7.18. The fraction of sp³-hybridized carbons (Fsp3) is 0.300. The van der Waals surface area contributed by atoms with Crippen LogP contribution in [0, 0.1) is 6.92 Å². The van der Waals surface area contributed by atoms with E-state index in [1.165, 1.54) is 6.20 Å². The number of aromatic amines is 1. The van der Waals surface area contributed by atoms with Gasteiger partial charge in [-0.05, 0) is 50.5 Å². The van der Waals surface area contributed by atoms with Crippen LogP contribution in [0.3, 0.4) is 0 Å². The lowest BCUT2D eigenvalue weighted by molar-refractivity contribution is 0.188. The second kappa shape index (κ2) is 7.75. The zero-order valence-corrected chi connectivity index (χ0v) is 16.9. The number of likely N-dealkylation sites (tertiary alicyclic amines) is 1. The molecule has 1 saturated heterocycles. The number of hydrogen-bond acceptors (Lipinski definition) is 5. The molecule has 4 rings (SSSR count). The Morgan fingerprint density at radius 2 is 1.79 bits per heavy atom. The van der Waals surface area contributed by atoms with Gasteiger partial charge in [-0.2, -0.15) is 0 Å². The topological polar surface area (TPSA) is 107 Å². The van der Waals surface area contributed by atoms with E-state index in [0.29, 0.717) is 17.2 Å². The number of nitrogens with one attached hydrogen (secondary N) is 3. The third-order valence-electron chi connectivity index (χ3n) is 5.05. The Hall–Kier alpha value is -3.07. The average Bonchev–Trinajstić information content (AvgIpc) is 3.17. The van der Waals surface area contributed by atoms with Gasteiger partial charge in [-0.25, -0.2) is 18.2 Å². The summed E-state index contributed by atoms with van der Waals surface area (Å²) in [4.78, 5) is 21.7. The first kappa shape index (κ1) is 19.3. The van der Waals surface area contributed by atoms with Crippen LogP contribution in [-0.4, -0.2) is 42.4 Å². The van der Waals surface area contributed by atoms with Crippen molar-refractivity contribution >= 4 is 21.7 Å². The number of hydrazine groups is 1. The lowest BCUT2D eigenvalue weighted by Crippen LogP contribution is -2.45. The van der Waals surface area contributed by atoms with Gasteiger partial charge < -0.3 is 9.88 Å². The van der Waals surface area contributed by atoms with Crippen molar-refractivity contribution < 1.29 is 13.2 Å². The molecule has 0 unspecified atom stereocenters. The Morgan fingerprint density at radius 3 is 2.52 bits per heavy atom. The average molecular weight is 414 g/mol. The molecule has 0 spiro atoms. The summed E-state index contributed by atoms with van der Waals surface area (Å²) in [5.74, 6) is 0.466. The standard InChI is InChI=1S/C20H23N5O3S/c1-14-5-7-15(8-6-14)29(27,28)17-10-9-16-19(17)21-13-18(22-16)23-24-20(26)25-11-3-2-4-12-25/h5-10,13,22-23H,2-4,11-12H2,1H3,(H,24,26). The molecular formula is C20H23N5O3S. The SMILES string of the molecule is Cc1ccc(S(=O)(=O)c2ccc3[nH]c(NNC(=O)N4CCCCC4)cnc2-3)cc1. The van der Waals surface area contributed by atoms with Crippen molar-refractivity contribution in [2.24, 2.45) is 0 Å². The fourth-order valence-corrected chi connectivity index (χ4v) is 4.82. The molecule has 9 heteroatoms. The maximum atomic E-state index is 13.0. The van der Waals surface area contributed by atoms with Crippen molar-refractivity contribution in [3.05, 3.63) is 48.2 Å². The Bertz CT molecular complexity index is 1090. The number of urea groups is 1. The summed E-state index contributed by atoms with van der Waals surface area (Å²) in [6, 6.07) is 9.75. The lowest BCUT2D eigenvalue weighted by atomic mass is 10.1. The molecule has 3 aliphatic rings. The highest BCUT2D eigenvalue weighted by molar-refractivity contribution is 7.91. The first-order chi connectivity index (χ1) is 13.9. The van der Waals surface area contributed by atoms with Crippen molar-refractivity contribution in [1.82, 2.24) is 20.3 Å². The number of amides is 2.